The zero-order valence-corrected chi connectivity index (χ0v) is 20.4. The number of para-hydroxylation sites is 1. The quantitative estimate of drug-likeness (QED) is 0.491. The van der Waals surface area contributed by atoms with E-state index in [-0.39, 0.29) is 11.6 Å². The molecule has 0 radical (unpaired) electrons. The van der Waals surface area contributed by atoms with Crippen LogP contribution in [0.1, 0.15) is 22.5 Å². The van der Waals surface area contributed by atoms with Crippen molar-refractivity contribution in [3.8, 4) is 0 Å². The second-order valence-electron chi connectivity index (χ2n) is 7.96. The highest BCUT2D eigenvalue weighted by Crippen LogP contribution is 2.25. The summed E-state index contributed by atoms with van der Waals surface area (Å²) in [5, 5.41) is 7.86. The summed E-state index contributed by atoms with van der Waals surface area (Å²) in [5.41, 5.74) is 3.60. The van der Waals surface area contributed by atoms with Crippen molar-refractivity contribution < 1.29 is 14.0 Å². The molecule has 0 spiro atoms. The fourth-order valence-electron chi connectivity index (χ4n) is 3.80. The van der Waals surface area contributed by atoms with E-state index in [0.29, 0.717) is 23.2 Å². The number of amides is 2. The first-order valence-electron chi connectivity index (χ1n) is 10.7. The number of carbonyl (C=O) groups is 2. The van der Waals surface area contributed by atoms with Crippen molar-refractivity contribution >= 4 is 46.9 Å². The Labute approximate surface area is 206 Å². The third kappa shape index (κ3) is 5.18. The number of aromatic nitrogens is 2. The first kappa shape index (κ1) is 24.0. The van der Waals surface area contributed by atoms with Crippen LogP contribution in [0, 0.1) is 19.7 Å². The molecule has 3 aromatic rings. The number of thioether (sulfide) groups is 1. The van der Waals surface area contributed by atoms with Gasteiger partial charge < -0.3 is 10.2 Å². The molecule has 1 saturated heterocycles. The Bertz CT molecular complexity index is 1260. The average molecular weight is 499 g/mol. The summed E-state index contributed by atoms with van der Waals surface area (Å²) in [6, 6.07) is 12.9. The molecule has 1 aromatic heterocycles. The minimum absolute atomic E-state index is 0.101. The molecule has 4 rings (SSSR count). The predicted octanol–water partition coefficient (Wildman–Crippen LogP) is 4.89. The molecule has 0 saturated carbocycles. The van der Waals surface area contributed by atoms with Crippen molar-refractivity contribution in [2.75, 3.05) is 16.9 Å². The molecule has 1 unspecified atom stereocenters. The van der Waals surface area contributed by atoms with E-state index < -0.39 is 17.8 Å². The van der Waals surface area contributed by atoms with Gasteiger partial charge in [-0.3, -0.25) is 14.3 Å². The topological polar surface area (TPSA) is 67.2 Å². The third-order valence-corrected chi connectivity index (χ3v) is 7.09. The number of halogens is 2. The second-order valence-corrected chi connectivity index (χ2v) is 9.37. The first-order chi connectivity index (χ1) is 16.3. The van der Waals surface area contributed by atoms with E-state index >= 15 is 0 Å². The number of anilines is 1. The molecular formula is C25H24ClFN4O2S. The monoisotopic (exact) mass is 498 g/mol. The van der Waals surface area contributed by atoms with Crippen LogP contribution in [0.5, 0.6) is 0 Å². The van der Waals surface area contributed by atoms with Crippen LogP contribution in [0.25, 0.3) is 6.08 Å². The van der Waals surface area contributed by atoms with Crippen LogP contribution in [0.4, 0.5) is 10.1 Å². The third-order valence-electron chi connectivity index (χ3n) is 5.71. The molecule has 2 heterocycles. The lowest BCUT2D eigenvalue weighted by Gasteiger charge is -2.21. The Morgan fingerprint density at radius 2 is 1.94 bits per heavy atom. The molecule has 176 valence electrons. The Balaban J connectivity index is 1.47. The fraction of sp³-hybridized carbons (Fsp3) is 0.240. The van der Waals surface area contributed by atoms with Crippen LogP contribution in [-0.4, -0.2) is 44.2 Å². The van der Waals surface area contributed by atoms with Crippen LogP contribution < -0.4 is 5.32 Å². The summed E-state index contributed by atoms with van der Waals surface area (Å²) in [7, 11) is 0. The maximum Gasteiger partial charge on any atom is 0.248 e. The Hall–Kier alpha value is -3.10. The molecule has 1 N–H and O–H groups in total. The highest BCUT2D eigenvalue weighted by atomic mass is 35.5. The standard InChI is InChI=1S/C25H24ClFN4O2S/c1-16-19(17(2)31(29-16)13-18-7-3-4-8-20(18)26)11-12-24(32)30-15-34-14-23(30)25(33)28-22-10-6-5-9-21(22)27/h3-12,23H,13-15H2,1-2H3,(H,28,33)/b12-11+. The van der Waals surface area contributed by atoms with E-state index in [4.69, 9.17) is 11.6 Å². The van der Waals surface area contributed by atoms with E-state index in [2.05, 4.69) is 10.4 Å². The van der Waals surface area contributed by atoms with Crippen LogP contribution in [0.3, 0.4) is 0 Å². The van der Waals surface area contributed by atoms with E-state index in [0.717, 1.165) is 22.5 Å². The summed E-state index contributed by atoms with van der Waals surface area (Å²) in [6.45, 7) is 4.35. The fourth-order valence-corrected chi connectivity index (χ4v) is 5.16. The van der Waals surface area contributed by atoms with Gasteiger partial charge in [-0.25, -0.2) is 4.39 Å². The van der Waals surface area contributed by atoms with Crippen molar-refractivity contribution in [2.24, 2.45) is 0 Å². The molecule has 6 nitrogen and oxygen atoms in total. The van der Waals surface area contributed by atoms with Crippen molar-refractivity contribution in [2.45, 2.75) is 26.4 Å². The van der Waals surface area contributed by atoms with Crippen LogP contribution >= 0.6 is 23.4 Å². The van der Waals surface area contributed by atoms with E-state index in [1.807, 2.05) is 42.8 Å². The lowest BCUT2D eigenvalue weighted by Crippen LogP contribution is -2.44. The van der Waals surface area contributed by atoms with E-state index in [1.54, 1.807) is 18.2 Å². The van der Waals surface area contributed by atoms with Gasteiger partial charge in [0, 0.05) is 28.1 Å². The molecule has 2 aromatic carbocycles. The molecule has 1 aliphatic heterocycles. The number of benzene rings is 2. The molecule has 1 fully saturated rings. The molecule has 34 heavy (non-hydrogen) atoms. The number of hydrogen-bond donors (Lipinski definition) is 1. The lowest BCUT2D eigenvalue weighted by atomic mass is 10.1. The van der Waals surface area contributed by atoms with Gasteiger partial charge in [-0.1, -0.05) is 41.9 Å². The summed E-state index contributed by atoms with van der Waals surface area (Å²) < 4.78 is 15.8. The van der Waals surface area contributed by atoms with Gasteiger partial charge in [0.2, 0.25) is 11.8 Å². The maximum atomic E-state index is 13.9. The van der Waals surface area contributed by atoms with Crippen LogP contribution in [0.15, 0.2) is 54.6 Å². The van der Waals surface area contributed by atoms with Gasteiger partial charge in [0.1, 0.15) is 11.9 Å². The normalized spacial score (nSPS) is 15.8. The number of nitrogens with zero attached hydrogens (tertiary/aromatic N) is 3. The highest BCUT2D eigenvalue weighted by molar-refractivity contribution is 7.99. The predicted molar refractivity (Wildman–Crippen MR) is 134 cm³/mol. The Kier molecular flexibility index (Phi) is 7.38. The number of aryl methyl sites for hydroxylation is 1. The molecule has 0 aliphatic carbocycles. The van der Waals surface area contributed by atoms with Gasteiger partial charge in [-0.2, -0.15) is 5.10 Å². The zero-order valence-electron chi connectivity index (χ0n) is 18.8. The van der Waals surface area contributed by atoms with Gasteiger partial charge in [0.15, 0.2) is 0 Å². The number of nitrogens with one attached hydrogen (secondary N) is 1. The molecule has 9 heteroatoms. The zero-order chi connectivity index (χ0) is 24.2. The molecule has 2 amide bonds. The maximum absolute atomic E-state index is 13.9. The highest BCUT2D eigenvalue weighted by Gasteiger charge is 2.34. The van der Waals surface area contributed by atoms with Gasteiger partial charge in [0.05, 0.1) is 23.8 Å². The summed E-state index contributed by atoms with van der Waals surface area (Å²) in [5.74, 6) is -0.359. The van der Waals surface area contributed by atoms with E-state index in [1.165, 1.54) is 34.9 Å². The smallest absolute Gasteiger partial charge is 0.248 e. The number of rotatable bonds is 6. The number of hydrogen-bond acceptors (Lipinski definition) is 4. The Morgan fingerprint density at radius 1 is 1.21 bits per heavy atom. The van der Waals surface area contributed by atoms with Gasteiger partial charge in [0.25, 0.3) is 0 Å². The van der Waals surface area contributed by atoms with Crippen molar-refractivity contribution in [1.82, 2.24) is 14.7 Å². The van der Waals surface area contributed by atoms with Gasteiger partial charge >= 0.3 is 0 Å². The molecular weight excluding hydrogens is 475 g/mol. The minimum Gasteiger partial charge on any atom is -0.322 e. The van der Waals surface area contributed by atoms with Crippen LogP contribution in [-0.2, 0) is 16.1 Å². The van der Waals surface area contributed by atoms with Crippen molar-refractivity contribution in [1.29, 1.82) is 0 Å². The van der Waals surface area contributed by atoms with Crippen molar-refractivity contribution in [3.63, 3.8) is 0 Å². The van der Waals surface area contributed by atoms with Gasteiger partial charge in [-0.05, 0) is 43.7 Å². The summed E-state index contributed by atoms with van der Waals surface area (Å²) in [6.07, 6.45) is 3.20. The molecule has 1 aliphatic rings. The largest absolute Gasteiger partial charge is 0.322 e. The minimum atomic E-state index is -0.674. The lowest BCUT2D eigenvalue weighted by molar-refractivity contribution is -0.132. The Morgan fingerprint density at radius 3 is 2.71 bits per heavy atom. The second kappa shape index (κ2) is 10.4. The molecule has 0 bridgehead atoms. The average Bonchev–Trinajstić information content (AvgIpc) is 3.41. The van der Waals surface area contributed by atoms with Crippen molar-refractivity contribution in [3.05, 3.63) is 88.0 Å². The van der Waals surface area contributed by atoms with Crippen LogP contribution in [0.2, 0.25) is 5.02 Å². The first-order valence-corrected chi connectivity index (χ1v) is 12.3. The number of carbonyl (C=O) groups excluding carboxylic acids is 2. The van der Waals surface area contributed by atoms with Gasteiger partial charge in [-0.15, -0.1) is 11.8 Å². The molecule has 1 atom stereocenters. The summed E-state index contributed by atoms with van der Waals surface area (Å²) in [4.78, 5) is 27.2. The van der Waals surface area contributed by atoms with E-state index in [9.17, 15) is 14.0 Å². The summed E-state index contributed by atoms with van der Waals surface area (Å²) >= 11 is 7.77. The SMILES string of the molecule is Cc1nn(Cc2ccccc2Cl)c(C)c1/C=C/C(=O)N1CSCC1C(=O)Nc1ccccc1F.